The Labute approximate surface area is 218 Å². The predicted molar refractivity (Wildman–Crippen MR) is 142 cm³/mol. The summed E-state index contributed by atoms with van der Waals surface area (Å²) in [6, 6.07) is 19.3. The van der Waals surface area contributed by atoms with Gasteiger partial charge in [0.15, 0.2) is 0 Å². The fourth-order valence-electron chi connectivity index (χ4n) is 3.85. The molecule has 1 N–H and O–H groups in total. The van der Waals surface area contributed by atoms with E-state index in [4.69, 9.17) is 0 Å². The van der Waals surface area contributed by atoms with E-state index in [-0.39, 0.29) is 23.4 Å². The van der Waals surface area contributed by atoms with Gasteiger partial charge in [-0.15, -0.1) is 0 Å². The molecule has 0 radical (unpaired) electrons. The van der Waals surface area contributed by atoms with Crippen molar-refractivity contribution in [3.05, 3.63) is 95.8 Å². The Morgan fingerprint density at radius 1 is 0.892 bits per heavy atom. The second kappa shape index (κ2) is 12.0. The molecule has 0 aromatic heterocycles. The number of nitrogens with zero attached hydrogens (tertiary/aromatic N) is 2. The van der Waals surface area contributed by atoms with Gasteiger partial charge < -0.3 is 10.2 Å². The summed E-state index contributed by atoms with van der Waals surface area (Å²) in [7, 11) is -4.11. The van der Waals surface area contributed by atoms with Crippen LogP contribution in [-0.4, -0.2) is 43.8 Å². The van der Waals surface area contributed by atoms with Crippen molar-refractivity contribution >= 4 is 27.5 Å². The molecule has 0 unspecified atom stereocenters. The molecule has 1 atom stereocenters. The first-order valence-electron chi connectivity index (χ1n) is 12.0. The van der Waals surface area contributed by atoms with E-state index in [1.165, 1.54) is 41.3 Å². The number of hydrogen-bond acceptors (Lipinski definition) is 4. The predicted octanol–water partition coefficient (Wildman–Crippen LogP) is 4.27. The Morgan fingerprint density at radius 2 is 1.49 bits per heavy atom. The average Bonchev–Trinajstić information content (AvgIpc) is 2.87. The zero-order valence-electron chi connectivity index (χ0n) is 21.4. The van der Waals surface area contributed by atoms with Gasteiger partial charge in [-0.05, 0) is 69.2 Å². The molecular weight excluding hydrogens is 493 g/mol. The molecule has 0 saturated carbocycles. The number of hydrogen-bond donors (Lipinski definition) is 1. The number of carbonyl (C=O) groups excluding carboxylic acids is 2. The highest BCUT2D eigenvalue weighted by molar-refractivity contribution is 7.92. The van der Waals surface area contributed by atoms with Crippen LogP contribution in [0.15, 0.2) is 83.8 Å². The number of aryl methyl sites for hydroxylation is 1. The highest BCUT2D eigenvalue weighted by atomic mass is 32.2. The number of amides is 2. The number of nitrogens with one attached hydrogen (secondary N) is 1. The first-order chi connectivity index (χ1) is 17.5. The van der Waals surface area contributed by atoms with Gasteiger partial charge in [0.05, 0.1) is 10.6 Å². The van der Waals surface area contributed by atoms with Gasteiger partial charge in [0, 0.05) is 12.6 Å². The second-order valence-corrected chi connectivity index (χ2v) is 11.0. The maximum Gasteiger partial charge on any atom is 0.264 e. The number of anilines is 1. The minimum atomic E-state index is -4.11. The number of sulfonamides is 1. The highest BCUT2D eigenvalue weighted by Crippen LogP contribution is 2.27. The molecular formula is C28H32FN3O4S. The normalized spacial score (nSPS) is 12.2. The van der Waals surface area contributed by atoms with Crippen molar-refractivity contribution in [2.75, 3.05) is 10.8 Å². The molecule has 0 aliphatic carbocycles. The minimum Gasteiger partial charge on any atom is -0.352 e. The maximum atomic E-state index is 13.8. The first kappa shape index (κ1) is 27.9. The van der Waals surface area contributed by atoms with Crippen molar-refractivity contribution < 1.29 is 22.4 Å². The first-order valence-corrected chi connectivity index (χ1v) is 13.4. The topological polar surface area (TPSA) is 86.8 Å². The van der Waals surface area contributed by atoms with E-state index in [1.807, 2.05) is 13.8 Å². The Morgan fingerprint density at radius 3 is 2.08 bits per heavy atom. The lowest BCUT2D eigenvalue weighted by Gasteiger charge is -2.32. The summed E-state index contributed by atoms with van der Waals surface area (Å²) in [6.45, 7) is 6.44. The van der Waals surface area contributed by atoms with Gasteiger partial charge in [-0.3, -0.25) is 13.9 Å². The molecule has 0 heterocycles. The quantitative estimate of drug-likeness (QED) is 0.428. The second-order valence-electron chi connectivity index (χ2n) is 9.10. The van der Waals surface area contributed by atoms with Gasteiger partial charge >= 0.3 is 0 Å². The van der Waals surface area contributed by atoms with Crippen LogP contribution in [0.25, 0.3) is 0 Å². The van der Waals surface area contributed by atoms with Crippen LogP contribution < -0.4 is 9.62 Å². The van der Waals surface area contributed by atoms with Crippen LogP contribution in [0.4, 0.5) is 10.1 Å². The van der Waals surface area contributed by atoms with Gasteiger partial charge in [0.1, 0.15) is 18.4 Å². The Kier molecular flexibility index (Phi) is 9.04. The van der Waals surface area contributed by atoms with Crippen molar-refractivity contribution in [3.63, 3.8) is 0 Å². The summed E-state index contributed by atoms with van der Waals surface area (Å²) in [5.74, 6) is -1.37. The van der Waals surface area contributed by atoms with E-state index in [0.29, 0.717) is 16.8 Å². The van der Waals surface area contributed by atoms with Crippen LogP contribution in [0.3, 0.4) is 0 Å². The van der Waals surface area contributed by atoms with E-state index in [2.05, 4.69) is 5.32 Å². The average molecular weight is 526 g/mol. The lowest BCUT2D eigenvalue weighted by Crippen LogP contribution is -2.52. The summed E-state index contributed by atoms with van der Waals surface area (Å²) < 4.78 is 42.0. The SMILES string of the molecule is Cc1ccccc1N(CC(=O)N(Cc1ccc(F)cc1)[C@H](C)C(=O)NC(C)C)S(=O)(=O)c1ccccc1. The van der Waals surface area contributed by atoms with Gasteiger partial charge in [-0.2, -0.15) is 0 Å². The van der Waals surface area contributed by atoms with E-state index in [1.54, 1.807) is 56.3 Å². The van der Waals surface area contributed by atoms with Gasteiger partial charge in [0.25, 0.3) is 10.0 Å². The molecule has 2 amide bonds. The van der Waals surface area contributed by atoms with E-state index in [9.17, 15) is 22.4 Å². The number of benzene rings is 3. The van der Waals surface area contributed by atoms with Crippen molar-refractivity contribution in [2.24, 2.45) is 0 Å². The van der Waals surface area contributed by atoms with E-state index < -0.39 is 34.3 Å². The van der Waals surface area contributed by atoms with Gasteiger partial charge in [-0.1, -0.05) is 48.5 Å². The molecule has 3 rings (SSSR count). The largest absolute Gasteiger partial charge is 0.352 e. The number of carbonyl (C=O) groups is 2. The lowest BCUT2D eigenvalue weighted by molar-refractivity contribution is -0.139. The summed E-state index contributed by atoms with van der Waals surface area (Å²) in [4.78, 5) is 28.0. The monoisotopic (exact) mass is 525 g/mol. The molecule has 3 aromatic rings. The Hall–Kier alpha value is -3.72. The molecule has 196 valence electrons. The Bertz CT molecular complexity index is 1330. The number of rotatable bonds is 10. The molecule has 9 heteroatoms. The number of para-hydroxylation sites is 1. The summed E-state index contributed by atoms with van der Waals surface area (Å²) in [5.41, 5.74) is 1.64. The van der Waals surface area contributed by atoms with Crippen LogP contribution in [-0.2, 0) is 26.2 Å². The van der Waals surface area contributed by atoms with Crippen molar-refractivity contribution in [1.29, 1.82) is 0 Å². The van der Waals surface area contributed by atoms with Crippen LogP contribution in [0.2, 0.25) is 0 Å². The van der Waals surface area contributed by atoms with E-state index in [0.717, 1.165) is 4.31 Å². The third kappa shape index (κ3) is 6.95. The highest BCUT2D eigenvalue weighted by Gasteiger charge is 2.33. The maximum absolute atomic E-state index is 13.8. The molecule has 0 spiro atoms. The minimum absolute atomic E-state index is 0.00120. The molecule has 0 bridgehead atoms. The summed E-state index contributed by atoms with van der Waals surface area (Å²) in [6.07, 6.45) is 0. The molecule has 7 nitrogen and oxygen atoms in total. The van der Waals surface area contributed by atoms with E-state index >= 15 is 0 Å². The molecule has 3 aromatic carbocycles. The van der Waals surface area contributed by atoms with Crippen LogP contribution in [0, 0.1) is 12.7 Å². The molecule has 0 aliphatic rings. The fraction of sp³-hybridized carbons (Fsp3) is 0.286. The zero-order valence-corrected chi connectivity index (χ0v) is 22.2. The summed E-state index contributed by atoms with van der Waals surface area (Å²) in [5, 5.41) is 2.80. The molecule has 0 saturated heterocycles. The van der Waals surface area contributed by atoms with Crippen molar-refractivity contribution in [1.82, 2.24) is 10.2 Å². The van der Waals surface area contributed by atoms with Crippen LogP contribution in [0.1, 0.15) is 31.9 Å². The molecule has 0 aliphatic heterocycles. The molecule has 0 fully saturated rings. The standard InChI is InChI=1S/C28H32FN3O4S/c1-20(2)30-28(34)22(4)31(18-23-14-16-24(29)17-15-23)27(33)19-32(26-13-9-8-10-21(26)3)37(35,36)25-11-6-5-7-12-25/h5-17,20,22H,18-19H2,1-4H3,(H,30,34)/t22-/m1/s1. The zero-order chi connectivity index (χ0) is 27.2. The van der Waals surface area contributed by atoms with Gasteiger partial charge in [-0.25, -0.2) is 12.8 Å². The van der Waals surface area contributed by atoms with Crippen LogP contribution in [0.5, 0.6) is 0 Å². The van der Waals surface area contributed by atoms with Crippen LogP contribution >= 0.6 is 0 Å². The smallest absolute Gasteiger partial charge is 0.264 e. The summed E-state index contributed by atoms with van der Waals surface area (Å²) >= 11 is 0. The van der Waals surface area contributed by atoms with Crippen molar-refractivity contribution in [3.8, 4) is 0 Å². The number of halogens is 1. The van der Waals surface area contributed by atoms with Gasteiger partial charge in [0.2, 0.25) is 11.8 Å². The third-order valence-electron chi connectivity index (χ3n) is 5.86. The third-order valence-corrected chi connectivity index (χ3v) is 7.63. The molecule has 37 heavy (non-hydrogen) atoms. The lowest BCUT2D eigenvalue weighted by atomic mass is 10.1. The van der Waals surface area contributed by atoms with Crippen molar-refractivity contribution in [2.45, 2.75) is 51.2 Å². The Balaban J connectivity index is 2.02. The fourth-order valence-corrected chi connectivity index (χ4v) is 5.35.